The summed E-state index contributed by atoms with van der Waals surface area (Å²) in [6, 6.07) is -0.282. The van der Waals surface area contributed by atoms with Crippen molar-refractivity contribution in [2.75, 3.05) is 0 Å². The van der Waals surface area contributed by atoms with Crippen LogP contribution in [0.5, 0.6) is 0 Å². The van der Waals surface area contributed by atoms with Crippen molar-refractivity contribution in [3.8, 4) is 0 Å². The molecule has 2 unspecified atom stereocenters. The third-order valence-electron chi connectivity index (χ3n) is 2.84. The molecule has 0 aromatic rings. The molecule has 88 valence electrons. The highest BCUT2D eigenvalue weighted by Gasteiger charge is 2.39. The van der Waals surface area contributed by atoms with Crippen molar-refractivity contribution < 1.29 is 4.43 Å². The molecule has 0 bridgehead atoms. The SMILES string of the molecule is CC(N)C(N=[N+]=[N-])O[Si](C)(C)C(C)(C)C. The lowest BCUT2D eigenvalue weighted by molar-refractivity contribution is 0.165. The van der Waals surface area contributed by atoms with E-state index in [4.69, 9.17) is 15.7 Å². The molecule has 0 aliphatic carbocycles. The molecule has 2 N–H and O–H groups in total. The number of rotatable bonds is 4. The van der Waals surface area contributed by atoms with Gasteiger partial charge in [-0.15, -0.1) is 0 Å². The first-order valence-corrected chi connectivity index (χ1v) is 8.00. The van der Waals surface area contributed by atoms with Gasteiger partial charge in [-0.3, -0.25) is 0 Å². The summed E-state index contributed by atoms with van der Waals surface area (Å²) in [5, 5.41) is 3.68. The number of nitrogens with two attached hydrogens (primary N) is 1. The van der Waals surface area contributed by atoms with Crippen molar-refractivity contribution >= 4 is 8.32 Å². The fraction of sp³-hybridized carbons (Fsp3) is 1.00. The molecule has 0 saturated carbocycles. The van der Waals surface area contributed by atoms with Crippen LogP contribution in [0.15, 0.2) is 5.11 Å². The van der Waals surface area contributed by atoms with Gasteiger partial charge in [0.25, 0.3) is 0 Å². The molecule has 0 rings (SSSR count). The predicted molar refractivity (Wildman–Crippen MR) is 64.9 cm³/mol. The minimum Gasteiger partial charge on any atom is -0.406 e. The summed E-state index contributed by atoms with van der Waals surface area (Å²) in [5.41, 5.74) is 14.1. The number of azide groups is 1. The van der Waals surface area contributed by atoms with E-state index < -0.39 is 14.5 Å². The largest absolute Gasteiger partial charge is 0.406 e. The lowest BCUT2D eigenvalue weighted by Crippen LogP contribution is -2.47. The first-order chi connectivity index (χ1) is 6.62. The Morgan fingerprint density at radius 3 is 2.13 bits per heavy atom. The standard InChI is InChI=1S/C9H22N4OSi/c1-7(10)8(12-13-11)14-15(5,6)9(2,3)4/h7-8H,10H2,1-6H3. The Morgan fingerprint density at radius 2 is 1.87 bits per heavy atom. The van der Waals surface area contributed by atoms with E-state index in [1.165, 1.54) is 0 Å². The summed E-state index contributed by atoms with van der Waals surface area (Å²) in [6.07, 6.45) is -0.559. The third kappa shape index (κ3) is 4.21. The van der Waals surface area contributed by atoms with Crippen LogP contribution >= 0.6 is 0 Å². The fourth-order valence-electron chi connectivity index (χ4n) is 0.766. The molecule has 0 fully saturated rings. The van der Waals surface area contributed by atoms with Gasteiger partial charge in [-0.2, -0.15) is 0 Å². The molecule has 0 aliphatic heterocycles. The molecule has 0 aromatic heterocycles. The van der Waals surface area contributed by atoms with E-state index in [2.05, 4.69) is 43.9 Å². The summed E-state index contributed by atoms with van der Waals surface area (Å²) < 4.78 is 5.90. The summed E-state index contributed by atoms with van der Waals surface area (Å²) in [5.74, 6) is 0. The normalized spacial score (nSPS) is 16.7. The van der Waals surface area contributed by atoms with E-state index in [1.54, 1.807) is 6.92 Å². The van der Waals surface area contributed by atoms with Gasteiger partial charge in [0, 0.05) is 11.0 Å². The molecule has 5 nitrogen and oxygen atoms in total. The average Bonchev–Trinajstić information content (AvgIpc) is 2.00. The number of hydrogen-bond acceptors (Lipinski definition) is 3. The zero-order valence-electron chi connectivity index (χ0n) is 10.5. The molecule has 0 amide bonds. The van der Waals surface area contributed by atoms with Gasteiger partial charge >= 0.3 is 0 Å². The Morgan fingerprint density at radius 1 is 1.40 bits per heavy atom. The second-order valence-electron chi connectivity index (χ2n) is 5.33. The summed E-state index contributed by atoms with van der Waals surface area (Å²) >= 11 is 0. The Bertz CT molecular complexity index is 253. The molecule has 15 heavy (non-hydrogen) atoms. The summed E-state index contributed by atoms with van der Waals surface area (Å²) in [6.45, 7) is 12.4. The summed E-state index contributed by atoms with van der Waals surface area (Å²) in [4.78, 5) is 2.77. The smallest absolute Gasteiger partial charge is 0.192 e. The lowest BCUT2D eigenvalue weighted by Gasteiger charge is -2.38. The maximum absolute atomic E-state index is 8.42. The van der Waals surface area contributed by atoms with Gasteiger partial charge in [0.1, 0.15) is 6.23 Å². The summed E-state index contributed by atoms with van der Waals surface area (Å²) in [7, 11) is -1.91. The van der Waals surface area contributed by atoms with Gasteiger partial charge in [0.2, 0.25) is 0 Å². The monoisotopic (exact) mass is 230 g/mol. The molecule has 0 heterocycles. The maximum Gasteiger partial charge on any atom is 0.192 e. The van der Waals surface area contributed by atoms with E-state index in [0.717, 1.165) is 0 Å². The number of nitrogens with zero attached hydrogens (tertiary/aromatic N) is 3. The Kier molecular flexibility index (Phi) is 4.80. The van der Waals surface area contributed by atoms with E-state index in [0.29, 0.717) is 0 Å². The van der Waals surface area contributed by atoms with Crippen LogP contribution < -0.4 is 5.73 Å². The van der Waals surface area contributed by atoms with Gasteiger partial charge in [0.05, 0.1) is 0 Å². The van der Waals surface area contributed by atoms with E-state index in [-0.39, 0.29) is 11.1 Å². The predicted octanol–water partition coefficient (Wildman–Crippen LogP) is 2.99. The zero-order chi connectivity index (χ0) is 12.3. The van der Waals surface area contributed by atoms with Gasteiger partial charge < -0.3 is 10.2 Å². The van der Waals surface area contributed by atoms with Crippen molar-refractivity contribution in [1.82, 2.24) is 0 Å². The molecule has 6 heteroatoms. The fourth-order valence-corrected chi connectivity index (χ4v) is 1.98. The molecule has 0 aliphatic rings. The zero-order valence-corrected chi connectivity index (χ0v) is 11.5. The average molecular weight is 230 g/mol. The second-order valence-corrected chi connectivity index (χ2v) is 10.1. The Balaban J connectivity index is 4.74. The van der Waals surface area contributed by atoms with Crippen molar-refractivity contribution in [1.29, 1.82) is 0 Å². The highest BCUT2D eigenvalue weighted by Crippen LogP contribution is 2.37. The minimum atomic E-state index is -1.91. The van der Waals surface area contributed by atoms with Crippen LogP contribution in [0.2, 0.25) is 18.1 Å². The Hall–Kier alpha value is -0.553. The van der Waals surface area contributed by atoms with Gasteiger partial charge in [0.15, 0.2) is 8.32 Å². The molecule has 2 atom stereocenters. The highest BCUT2D eigenvalue weighted by molar-refractivity contribution is 6.74. The molecular formula is C9H22N4OSi. The highest BCUT2D eigenvalue weighted by atomic mass is 28.4. The topological polar surface area (TPSA) is 84.0 Å². The van der Waals surface area contributed by atoms with Crippen molar-refractivity contribution in [3.05, 3.63) is 10.4 Å². The third-order valence-corrected chi connectivity index (χ3v) is 7.28. The van der Waals surface area contributed by atoms with Gasteiger partial charge in [-0.1, -0.05) is 25.9 Å². The lowest BCUT2D eigenvalue weighted by atomic mass is 10.2. The van der Waals surface area contributed by atoms with Crippen LogP contribution in [-0.4, -0.2) is 20.6 Å². The van der Waals surface area contributed by atoms with E-state index >= 15 is 0 Å². The van der Waals surface area contributed by atoms with E-state index in [1.807, 2.05) is 0 Å². The quantitative estimate of drug-likeness (QED) is 0.348. The van der Waals surface area contributed by atoms with Crippen LogP contribution in [-0.2, 0) is 4.43 Å². The maximum atomic E-state index is 8.42. The molecular weight excluding hydrogens is 208 g/mol. The minimum absolute atomic E-state index is 0.0884. The van der Waals surface area contributed by atoms with Crippen LogP contribution in [0.25, 0.3) is 10.4 Å². The van der Waals surface area contributed by atoms with Crippen molar-refractivity contribution in [2.24, 2.45) is 10.8 Å². The van der Waals surface area contributed by atoms with Gasteiger partial charge in [-0.25, -0.2) is 0 Å². The van der Waals surface area contributed by atoms with Crippen LogP contribution in [0.4, 0.5) is 0 Å². The first kappa shape index (κ1) is 14.4. The first-order valence-electron chi connectivity index (χ1n) is 5.09. The number of hydrogen-bond donors (Lipinski definition) is 1. The molecule has 0 spiro atoms. The van der Waals surface area contributed by atoms with Crippen LogP contribution in [0, 0.1) is 0 Å². The van der Waals surface area contributed by atoms with Gasteiger partial charge in [-0.05, 0) is 30.6 Å². The van der Waals surface area contributed by atoms with Crippen LogP contribution in [0.3, 0.4) is 0 Å². The second kappa shape index (κ2) is 4.98. The molecule has 0 radical (unpaired) electrons. The van der Waals surface area contributed by atoms with Crippen LogP contribution in [0.1, 0.15) is 27.7 Å². The van der Waals surface area contributed by atoms with E-state index in [9.17, 15) is 0 Å². The Labute approximate surface area is 92.8 Å². The van der Waals surface area contributed by atoms with Crippen molar-refractivity contribution in [2.45, 2.75) is 58.1 Å². The van der Waals surface area contributed by atoms with Crippen molar-refractivity contribution in [3.63, 3.8) is 0 Å². The molecule has 0 saturated heterocycles. The molecule has 0 aromatic carbocycles.